The first-order valence-electron chi connectivity index (χ1n) is 5.28. The number of hydrogen-bond acceptors (Lipinski definition) is 4. The summed E-state index contributed by atoms with van der Waals surface area (Å²) >= 11 is 0. The standard InChI is InChI=1S/C13H7ClO3S/c14-18-10-6-5-9-11(13(10)16)12(15)7-3-1-2-4-8(7)17-9/h1-6,10H. The van der Waals surface area contributed by atoms with Gasteiger partial charge in [-0.05, 0) is 39.9 Å². The van der Waals surface area contributed by atoms with Gasteiger partial charge in [-0.1, -0.05) is 18.2 Å². The van der Waals surface area contributed by atoms with Crippen LogP contribution < -0.4 is 5.43 Å². The summed E-state index contributed by atoms with van der Waals surface area (Å²) < 4.78 is 5.57. The van der Waals surface area contributed by atoms with Crippen LogP contribution in [0.3, 0.4) is 0 Å². The Morgan fingerprint density at radius 1 is 1.22 bits per heavy atom. The Kier molecular flexibility index (Phi) is 2.76. The summed E-state index contributed by atoms with van der Waals surface area (Å²) in [7, 11) is 6.51. The third-order valence-electron chi connectivity index (χ3n) is 2.85. The van der Waals surface area contributed by atoms with Crippen molar-refractivity contribution in [3.05, 3.63) is 51.9 Å². The van der Waals surface area contributed by atoms with Crippen molar-refractivity contribution < 1.29 is 9.21 Å². The molecule has 18 heavy (non-hydrogen) atoms. The van der Waals surface area contributed by atoms with Crippen LogP contribution in [0.25, 0.3) is 17.0 Å². The number of fused-ring (bicyclic) bond motifs is 2. The summed E-state index contributed by atoms with van der Waals surface area (Å²) in [6.45, 7) is 0. The first-order valence-corrected chi connectivity index (χ1v) is 6.98. The summed E-state index contributed by atoms with van der Waals surface area (Å²) in [5.41, 5.74) is 0.280. The highest BCUT2D eigenvalue weighted by atomic mass is 35.7. The fourth-order valence-corrected chi connectivity index (χ4v) is 2.74. The van der Waals surface area contributed by atoms with E-state index in [0.29, 0.717) is 16.7 Å². The van der Waals surface area contributed by atoms with Crippen molar-refractivity contribution >= 4 is 44.5 Å². The van der Waals surface area contributed by atoms with Gasteiger partial charge in [0, 0.05) is 0 Å². The van der Waals surface area contributed by atoms with E-state index in [9.17, 15) is 9.59 Å². The molecule has 0 aliphatic heterocycles. The van der Waals surface area contributed by atoms with Crippen molar-refractivity contribution in [1.82, 2.24) is 0 Å². The van der Waals surface area contributed by atoms with E-state index in [-0.39, 0.29) is 16.8 Å². The second-order valence-corrected chi connectivity index (χ2v) is 5.12. The molecule has 0 radical (unpaired) electrons. The van der Waals surface area contributed by atoms with Gasteiger partial charge in [-0.25, -0.2) is 0 Å². The number of benzene rings is 1. The molecule has 3 nitrogen and oxygen atoms in total. The van der Waals surface area contributed by atoms with Gasteiger partial charge in [0.15, 0.2) is 5.78 Å². The van der Waals surface area contributed by atoms with Crippen LogP contribution in [0.15, 0.2) is 39.6 Å². The van der Waals surface area contributed by atoms with Crippen LogP contribution in [0.5, 0.6) is 0 Å². The minimum Gasteiger partial charge on any atom is -0.456 e. The molecule has 0 spiro atoms. The van der Waals surface area contributed by atoms with E-state index in [0.717, 1.165) is 11.0 Å². The average Bonchev–Trinajstić information content (AvgIpc) is 2.39. The second kappa shape index (κ2) is 4.30. The van der Waals surface area contributed by atoms with Gasteiger partial charge in [-0.15, -0.1) is 0 Å². The van der Waals surface area contributed by atoms with E-state index in [4.69, 9.17) is 15.1 Å². The molecular formula is C13H7ClO3S. The maximum absolute atomic E-state index is 12.3. The van der Waals surface area contributed by atoms with Gasteiger partial charge < -0.3 is 4.42 Å². The van der Waals surface area contributed by atoms with Crippen molar-refractivity contribution in [2.45, 2.75) is 5.25 Å². The molecule has 0 saturated heterocycles. The summed E-state index contributed by atoms with van der Waals surface area (Å²) in [6, 6.07) is 6.87. The molecule has 0 N–H and O–H groups in total. The molecule has 1 aliphatic rings. The van der Waals surface area contributed by atoms with Gasteiger partial charge in [-0.2, -0.15) is 0 Å². The van der Waals surface area contributed by atoms with Crippen LogP contribution in [-0.2, 0) is 0 Å². The van der Waals surface area contributed by atoms with E-state index in [2.05, 4.69) is 0 Å². The van der Waals surface area contributed by atoms with E-state index in [1.165, 1.54) is 0 Å². The molecule has 0 saturated carbocycles. The quantitative estimate of drug-likeness (QED) is 0.803. The number of para-hydroxylation sites is 1. The van der Waals surface area contributed by atoms with Gasteiger partial charge in [0.25, 0.3) is 0 Å². The molecule has 1 aromatic carbocycles. The number of halogens is 1. The zero-order chi connectivity index (χ0) is 12.7. The van der Waals surface area contributed by atoms with Crippen molar-refractivity contribution in [3.63, 3.8) is 0 Å². The molecule has 0 amide bonds. The van der Waals surface area contributed by atoms with Crippen molar-refractivity contribution in [3.8, 4) is 0 Å². The minimum atomic E-state index is -0.525. The second-order valence-electron chi connectivity index (χ2n) is 3.90. The Morgan fingerprint density at radius 2 is 2.00 bits per heavy atom. The normalized spacial score (nSPS) is 18.1. The van der Waals surface area contributed by atoms with Gasteiger partial charge in [0.05, 0.1) is 5.39 Å². The predicted octanol–water partition coefficient (Wildman–Crippen LogP) is 3.26. The fraction of sp³-hybridized carbons (Fsp3) is 0.0769. The highest BCUT2D eigenvalue weighted by Gasteiger charge is 2.28. The van der Waals surface area contributed by atoms with E-state index in [1.54, 1.807) is 36.4 Å². The number of ketones is 1. The topological polar surface area (TPSA) is 47.3 Å². The van der Waals surface area contributed by atoms with Crippen LogP contribution in [0, 0.1) is 0 Å². The minimum absolute atomic E-state index is 0.0920. The zero-order valence-electron chi connectivity index (χ0n) is 9.05. The lowest BCUT2D eigenvalue weighted by atomic mass is 9.99. The Bertz CT molecular complexity index is 733. The molecule has 1 aliphatic carbocycles. The molecular weight excluding hydrogens is 272 g/mol. The average molecular weight is 279 g/mol. The van der Waals surface area contributed by atoms with Crippen LogP contribution in [0.2, 0.25) is 0 Å². The summed E-state index contributed by atoms with van der Waals surface area (Å²) in [5.74, 6) is 0.0117. The monoisotopic (exact) mass is 278 g/mol. The Labute approximate surface area is 111 Å². The molecule has 2 aromatic rings. The Morgan fingerprint density at radius 3 is 2.78 bits per heavy atom. The van der Waals surface area contributed by atoms with Crippen LogP contribution >= 0.6 is 21.7 Å². The molecule has 1 heterocycles. The lowest BCUT2D eigenvalue weighted by Gasteiger charge is -2.14. The largest absolute Gasteiger partial charge is 0.456 e. The molecule has 0 bridgehead atoms. The number of carbonyl (C=O) groups excluding carboxylic acids is 1. The summed E-state index contributed by atoms with van der Waals surface area (Å²) in [6.07, 6.45) is 3.27. The maximum Gasteiger partial charge on any atom is 0.204 e. The van der Waals surface area contributed by atoms with Crippen LogP contribution in [-0.4, -0.2) is 11.0 Å². The van der Waals surface area contributed by atoms with Gasteiger partial charge >= 0.3 is 0 Å². The highest BCUT2D eigenvalue weighted by Crippen LogP contribution is 2.28. The molecule has 1 unspecified atom stereocenters. The van der Waals surface area contributed by atoms with Crippen molar-refractivity contribution in [1.29, 1.82) is 0 Å². The molecule has 1 atom stereocenters. The maximum atomic E-state index is 12.3. The number of rotatable bonds is 1. The first kappa shape index (κ1) is 11.6. The predicted molar refractivity (Wildman–Crippen MR) is 73.1 cm³/mol. The number of carbonyl (C=O) groups is 1. The lowest BCUT2D eigenvalue weighted by molar-refractivity contribution is 0.0997. The molecule has 0 fully saturated rings. The zero-order valence-corrected chi connectivity index (χ0v) is 10.6. The van der Waals surface area contributed by atoms with E-state index < -0.39 is 5.25 Å². The third kappa shape index (κ3) is 1.61. The Balaban J connectivity index is 2.37. The lowest BCUT2D eigenvalue weighted by Crippen LogP contribution is -2.26. The molecule has 5 heteroatoms. The highest BCUT2D eigenvalue weighted by molar-refractivity contribution is 8.22. The summed E-state index contributed by atoms with van der Waals surface area (Å²) in [5, 5.41) is -0.110. The van der Waals surface area contributed by atoms with Gasteiger partial charge in [0.1, 0.15) is 22.2 Å². The molecule has 90 valence electrons. The SMILES string of the molecule is O=C1c2c(oc3ccccc3c2=O)C=CC1SCl. The van der Waals surface area contributed by atoms with Crippen molar-refractivity contribution in [2.75, 3.05) is 0 Å². The van der Waals surface area contributed by atoms with Crippen LogP contribution in [0.1, 0.15) is 16.1 Å². The molecule has 3 rings (SSSR count). The van der Waals surface area contributed by atoms with Gasteiger partial charge in [-0.3, -0.25) is 9.59 Å². The molecule has 1 aromatic heterocycles. The number of hydrogen-bond donors (Lipinski definition) is 0. The van der Waals surface area contributed by atoms with Gasteiger partial charge in [0.2, 0.25) is 5.43 Å². The Hall–Kier alpha value is -1.52. The van der Waals surface area contributed by atoms with E-state index >= 15 is 0 Å². The van der Waals surface area contributed by atoms with Crippen LogP contribution in [0.4, 0.5) is 0 Å². The fourth-order valence-electron chi connectivity index (χ4n) is 1.98. The van der Waals surface area contributed by atoms with E-state index in [1.807, 2.05) is 0 Å². The van der Waals surface area contributed by atoms with Crippen molar-refractivity contribution in [2.24, 2.45) is 0 Å². The first-order chi connectivity index (χ1) is 8.72. The smallest absolute Gasteiger partial charge is 0.204 e. The third-order valence-corrected chi connectivity index (χ3v) is 3.99. The number of Topliss-reactive ketones (excluding diaryl/α,β-unsaturated/α-hetero) is 1. The summed E-state index contributed by atoms with van der Waals surface area (Å²) in [4.78, 5) is 24.4.